The Balaban J connectivity index is 2.02. The fourth-order valence-corrected chi connectivity index (χ4v) is 3.14. The first kappa shape index (κ1) is 22.0. The Morgan fingerprint density at radius 1 is 0.929 bits per heavy atom. The monoisotopic (exact) mass is 429 g/mol. The second-order valence-electron chi connectivity index (χ2n) is 5.51. The second-order valence-corrected chi connectivity index (χ2v) is 7.27. The van der Waals surface area contributed by atoms with E-state index in [9.17, 15) is 39.9 Å². The van der Waals surface area contributed by atoms with Crippen LogP contribution in [0.15, 0.2) is 53.4 Å². The van der Waals surface area contributed by atoms with Crippen molar-refractivity contribution < 1.29 is 44.6 Å². The summed E-state index contributed by atoms with van der Waals surface area (Å²) in [5.41, 5.74) is -0.880. The SMILES string of the molecule is O=S(=O)(NCC(O)c1ccc(C(F)(F)F)cc1)c1ccc(OC(F)(F)F)cc1. The van der Waals surface area contributed by atoms with Crippen molar-refractivity contribution in [2.45, 2.75) is 23.5 Å². The largest absolute Gasteiger partial charge is 0.573 e. The summed E-state index contributed by atoms with van der Waals surface area (Å²) in [6.45, 7) is -0.561. The van der Waals surface area contributed by atoms with Crippen molar-refractivity contribution in [3.05, 3.63) is 59.7 Å². The van der Waals surface area contributed by atoms with Gasteiger partial charge in [-0.05, 0) is 42.0 Å². The average Bonchev–Trinajstić information content (AvgIpc) is 2.58. The van der Waals surface area contributed by atoms with E-state index in [1.807, 2.05) is 4.72 Å². The lowest BCUT2D eigenvalue weighted by Gasteiger charge is -2.14. The van der Waals surface area contributed by atoms with E-state index in [4.69, 9.17) is 0 Å². The van der Waals surface area contributed by atoms with Crippen LogP contribution >= 0.6 is 0 Å². The first-order chi connectivity index (χ1) is 12.8. The number of sulfonamides is 1. The lowest BCUT2D eigenvalue weighted by Crippen LogP contribution is -2.28. The number of benzene rings is 2. The van der Waals surface area contributed by atoms with Crippen LogP contribution in [0.2, 0.25) is 0 Å². The maximum Gasteiger partial charge on any atom is 0.573 e. The number of hydrogen-bond acceptors (Lipinski definition) is 4. The molecule has 12 heteroatoms. The predicted octanol–water partition coefficient (Wildman–Crippen LogP) is 3.62. The maximum atomic E-state index is 12.5. The summed E-state index contributed by atoms with van der Waals surface area (Å²) in [7, 11) is -4.18. The molecule has 1 unspecified atom stereocenters. The van der Waals surface area contributed by atoms with Gasteiger partial charge in [-0.25, -0.2) is 13.1 Å². The maximum absolute atomic E-state index is 12.5. The van der Waals surface area contributed by atoms with E-state index in [0.717, 1.165) is 48.5 Å². The number of ether oxygens (including phenoxy) is 1. The topological polar surface area (TPSA) is 75.6 Å². The molecule has 0 aliphatic carbocycles. The van der Waals surface area contributed by atoms with E-state index >= 15 is 0 Å². The summed E-state index contributed by atoms with van der Waals surface area (Å²) in [4.78, 5) is -0.387. The lowest BCUT2D eigenvalue weighted by atomic mass is 10.1. The average molecular weight is 429 g/mol. The van der Waals surface area contributed by atoms with Gasteiger partial charge in [-0.15, -0.1) is 13.2 Å². The van der Waals surface area contributed by atoms with Crippen LogP contribution < -0.4 is 9.46 Å². The molecule has 0 saturated carbocycles. The van der Waals surface area contributed by atoms with Crippen molar-refractivity contribution in [1.29, 1.82) is 0 Å². The Bertz CT molecular complexity index is 893. The Morgan fingerprint density at radius 3 is 1.93 bits per heavy atom. The van der Waals surface area contributed by atoms with Crippen molar-refractivity contribution in [3.63, 3.8) is 0 Å². The highest BCUT2D eigenvalue weighted by atomic mass is 32.2. The van der Waals surface area contributed by atoms with Gasteiger partial charge < -0.3 is 9.84 Å². The van der Waals surface area contributed by atoms with Gasteiger partial charge in [0.25, 0.3) is 0 Å². The van der Waals surface area contributed by atoms with Gasteiger partial charge in [0, 0.05) is 6.54 Å². The lowest BCUT2D eigenvalue weighted by molar-refractivity contribution is -0.274. The highest BCUT2D eigenvalue weighted by molar-refractivity contribution is 7.89. The van der Waals surface area contributed by atoms with E-state index in [2.05, 4.69) is 4.74 Å². The summed E-state index contributed by atoms with van der Waals surface area (Å²) < 4.78 is 104. The minimum atomic E-state index is -4.93. The number of nitrogens with one attached hydrogen (secondary N) is 1. The third kappa shape index (κ3) is 6.11. The van der Waals surface area contributed by atoms with Gasteiger partial charge in [-0.3, -0.25) is 0 Å². The van der Waals surface area contributed by atoms with Crippen LogP contribution in [0, 0.1) is 0 Å². The van der Waals surface area contributed by atoms with Gasteiger partial charge in [0.2, 0.25) is 10.0 Å². The molecule has 0 aliphatic heterocycles. The zero-order valence-corrected chi connectivity index (χ0v) is 14.6. The predicted molar refractivity (Wildman–Crippen MR) is 84.7 cm³/mol. The summed E-state index contributed by atoms with van der Waals surface area (Å²) >= 11 is 0. The molecule has 2 N–H and O–H groups in total. The molecular formula is C16H13F6NO4S. The molecule has 2 aromatic carbocycles. The van der Waals surface area contributed by atoms with Crippen molar-refractivity contribution in [1.82, 2.24) is 4.72 Å². The molecule has 2 rings (SSSR count). The molecule has 1 atom stereocenters. The Kier molecular flexibility index (Phi) is 6.26. The summed E-state index contributed by atoms with van der Waals surface area (Å²) in [6, 6.07) is 6.83. The Hall–Kier alpha value is -2.31. The third-order valence-electron chi connectivity index (χ3n) is 3.46. The normalized spacial score (nSPS) is 14.0. The first-order valence-corrected chi connectivity index (χ1v) is 8.97. The summed E-state index contributed by atoms with van der Waals surface area (Å²) in [5.74, 6) is -0.615. The fourth-order valence-electron chi connectivity index (χ4n) is 2.10. The molecule has 0 amide bonds. The standard InChI is InChI=1S/C16H13F6NO4S/c17-15(18,19)11-3-1-10(2-4-11)14(24)9-23-28(25,26)13-7-5-12(6-8-13)27-16(20,21)22/h1-8,14,23-24H,9H2. The molecule has 5 nitrogen and oxygen atoms in total. The summed E-state index contributed by atoms with van der Waals surface area (Å²) in [5, 5.41) is 9.94. The molecule has 0 aromatic heterocycles. The van der Waals surface area contributed by atoms with Gasteiger partial charge in [0.15, 0.2) is 0 Å². The Morgan fingerprint density at radius 2 is 1.46 bits per heavy atom. The third-order valence-corrected chi connectivity index (χ3v) is 4.90. The molecule has 0 fully saturated rings. The number of rotatable bonds is 6. The molecule has 2 aromatic rings. The van der Waals surface area contributed by atoms with E-state index < -0.39 is 46.5 Å². The molecule has 0 heterocycles. The minimum Gasteiger partial charge on any atom is -0.406 e. The van der Waals surface area contributed by atoms with Crippen molar-refractivity contribution in [2.75, 3.05) is 6.54 Å². The van der Waals surface area contributed by atoms with Gasteiger partial charge in [0.1, 0.15) is 5.75 Å². The van der Waals surface area contributed by atoms with Crippen LogP contribution in [0.4, 0.5) is 26.3 Å². The highest BCUT2D eigenvalue weighted by Gasteiger charge is 2.31. The highest BCUT2D eigenvalue weighted by Crippen LogP contribution is 2.30. The van der Waals surface area contributed by atoms with E-state index in [0.29, 0.717) is 0 Å². The smallest absolute Gasteiger partial charge is 0.406 e. The van der Waals surface area contributed by atoms with Crippen LogP contribution in [0.5, 0.6) is 5.75 Å². The Labute approximate surface area is 155 Å². The van der Waals surface area contributed by atoms with Crippen molar-refractivity contribution in [2.24, 2.45) is 0 Å². The number of hydrogen-bond donors (Lipinski definition) is 2. The number of halogens is 6. The molecule has 0 radical (unpaired) electrons. The van der Waals surface area contributed by atoms with Crippen LogP contribution in [0.3, 0.4) is 0 Å². The van der Waals surface area contributed by atoms with Gasteiger partial charge >= 0.3 is 12.5 Å². The van der Waals surface area contributed by atoms with E-state index in [-0.39, 0.29) is 10.5 Å². The summed E-state index contributed by atoms with van der Waals surface area (Å²) in [6.07, 6.45) is -10.9. The fraction of sp³-hybridized carbons (Fsp3) is 0.250. The number of aliphatic hydroxyl groups is 1. The zero-order valence-electron chi connectivity index (χ0n) is 13.8. The number of alkyl halides is 6. The second kappa shape index (κ2) is 7.97. The molecule has 0 aliphatic rings. The van der Waals surface area contributed by atoms with Crippen LogP contribution in [0.25, 0.3) is 0 Å². The van der Waals surface area contributed by atoms with Crippen LogP contribution in [-0.4, -0.2) is 26.4 Å². The molecule has 0 spiro atoms. The molecular weight excluding hydrogens is 416 g/mol. The van der Waals surface area contributed by atoms with Gasteiger partial charge in [0.05, 0.1) is 16.6 Å². The first-order valence-electron chi connectivity index (χ1n) is 7.49. The van der Waals surface area contributed by atoms with E-state index in [1.165, 1.54) is 0 Å². The number of aliphatic hydroxyl groups excluding tert-OH is 1. The van der Waals surface area contributed by atoms with Gasteiger partial charge in [-0.1, -0.05) is 12.1 Å². The molecule has 0 saturated heterocycles. The van der Waals surface area contributed by atoms with Crippen molar-refractivity contribution in [3.8, 4) is 5.75 Å². The van der Waals surface area contributed by atoms with Crippen molar-refractivity contribution >= 4 is 10.0 Å². The zero-order chi connectivity index (χ0) is 21.2. The van der Waals surface area contributed by atoms with Gasteiger partial charge in [-0.2, -0.15) is 13.2 Å². The molecule has 0 bridgehead atoms. The quantitative estimate of drug-likeness (QED) is 0.688. The minimum absolute atomic E-state index is 0.0459. The van der Waals surface area contributed by atoms with Crippen LogP contribution in [0.1, 0.15) is 17.2 Å². The van der Waals surface area contributed by atoms with E-state index in [1.54, 1.807) is 0 Å². The van der Waals surface area contributed by atoms with Crippen LogP contribution in [-0.2, 0) is 16.2 Å². The molecule has 154 valence electrons. The molecule has 28 heavy (non-hydrogen) atoms.